The molecule has 1 fully saturated rings. The van der Waals surface area contributed by atoms with Crippen molar-refractivity contribution in [2.24, 2.45) is 5.73 Å². The molecule has 0 aliphatic heterocycles. The third-order valence-electron chi connectivity index (χ3n) is 3.11. The van der Waals surface area contributed by atoms with Crippen molar-refractivity contribution < 1.29 is 26.0 Å². The standard InChI is InChI=1S/C12H14F4N2O2S/c13-10-5-8(6-17)1-4-11(10)21(19,20)18(9-2-3-9)7-12(14,15)16/h1,4-5,9H,2-3,6-7,17H2. The van der Waals surface area contributed by atoms with Gasteiger partial charge in [0.1, 0.15) is 17.3 Å². The predicted octanol–water partition coefficient (Wildman–Crippen LogP) is 2.00. The lowest BCUT2D eigenvalue weighted by molar-refractivity contribution is -0.137. The highest BCUT2D eigenvalue weighted by molar-refractivity contribution is 7.89. The first-order chi connectivity index (χ1) is 9.65. The summed E-state index contributed by atoms with van der Waals surface area (Å²) in [6.07, 6.45) is -3.99. The summed E-state index contributed by atoms with van der Waals surface area (Å²) in [5.41, 5.74) is 5.67. The van der Waals surface area contributed by atoms with Crippen molar-refractivity contribution in [1.82, 2.24) is 4.31 Å². The maximum atomic E-state index is 13.9. The highest BCUT2D eigenvalue weighted by Gasteiger charge is 2.45. The van der Waals surface area contributed by atoms with E-state index in [0.29, 0.717) is 22.7 Å². The summed E-state index contributed by atoms with van der Waals surface area (Å²) in [6, 6.07) is 2.45. The third-order valence-corrected chi connectivity index (χ3v) is 5.04. The van der Waals surface area contributed by atoms with Gasteiger partial charge in [-0.25, -0.2) is 12.8 Å². The van der Waals surface area contributed by atoms with Crippen molar-refractivity contribution in [3.8, 4) is 0 Å². The van der Waals surface area contributed by atoms with E-state index < -0.39 is 39.5 Å². The third kappa shape index (κ3) is 3.72. The Balaban J connectivity index is 2.39. The molecule has 0 heterocycles. The first kappa shape index (κ1) is 16.2. The van der Waals surface area contributed by atoms with Gasteiger partial charge in [-0.1, -0.05) is 6.07 Å². The van der Waals surface area contributed by atoms with E-state index in [1.807, 2.05) is 0 Å². The number of nitrogens with two attached hydrogens (primary N) is 1. The molecule has 0 atom stereocenters. The number of benzene rings is 1. The SMILES string of the molecule is NCc1ccc(S(=O)(=O)N(CC(F)(F)F)C2CC2)c(F)c1. The summed E-state index contributed by atoms with van der Waals surface area (Å²) in [4.78, 5) is -0.754. The lowest BCUT2D eigenvalue weighted by Crippen LogP contribution is -2.40. The number of alkyl halides is 3. The summed E-state index contributed by atoms with van der Waals surface area (Å²) < 4.78 is 76.4. The first-order valence-electron chi connectivity index (χ1n) is 6.22. The lowest BCUT2D eigenvalue weighted by atomic mass is 10.2. The molecule has 1 aromatic carbocycles. The monoisotopic (exact) mass is 326 g/mol. The van der Waals surface area contributed by atoms with E-state index in [9.17, 15) is 26.0 Å². The van der Waals surface area contributed by atoms with Crippen molar-refractivity contribution in [2.45, 2.75) is 36.5 Å². The van der Waals surface area contributed by atoms with Crippen LogP contribution in [0.5, 0.6) is 0 Å². The van der Waals surface area contributed by atoms with Gasteiger partial charge in [-0.15, -0.1) is 0 Å². The smallest absolute Gasteiger partial charge is 0.326 e. The van der Waals surface area contributed by atoms with Gasteiger partial charge in [-0.3, -0.25) is 0 Å². The minimum Gasteiger partial charge on any atom is -0.326 e. The number of halogens is 4. The van der Waals surface area contributed by atoms with E-state index in [0.717, 1.165) is 12.1 Å². The van der Waals surface area contributed by atoms with Gasteiger partial charge < -0.3 is 5.73 Å². The second-order valence-corrected chi connectivity index (χ2v) is 6.72. The van der Waals surface area contributed by atoms with E-state index in [2.05, 4.69) is 0 Å². The Morgan fingerprint density at radius 1 is 1.29 bits per heavy atom. The number of rotatable bonds is 5. The molecule has 1 aromatic rings. The molecule has 4 nitrogen and oxygen atoms in total. The van der Waals surface area contributed by atoms with Crippen molar-refractivity contribution >= 4 is 10.0 Å². The van der Waals surface area contributed by atoms with Gasteiger partial charge in [-0.2, -0.15) is 17.5 Å². The highest BCUT2D eigenvalue weighted by Crippen LogP contribution is 2.35. The minimum atomic E-state index is -4.68. The maximum Gasteiger partial charge on any atom is 0.402 e. The Morgan fingerprint density at radius 3 is 2.33 bits per heavy atom. The Morgan fingerprint density at radius 2 is 1.90 bits per heavy atom. The largest absolute Gasteiger partial charge is 0.402 e. The van der Waals surface area contributed by atoms with Crippen LogP contribution < -0.4 is 5.73 Å². The molecular weight excluding hydrogens is 312 g/mol. The molecular formula is C12H14F4N2O2S. The molecule has 9 heteroatoms. The van der Waals surface area contributed by atoms with Crippen LogP contribution in [0.25, 0.3) is 0 Å². The van der Waals surface area contributed by atoms with E-state index >= 15 is 0 Å². The average Bonchev–Trinajstić information content (AvgIpc) is 3.18. The van der Waals surface area contributed by atoms with Gasteiger partial charge in [0, 0.05) is 12.6 Å². The van der Waals surface area contributed by atoms with E-state index in [1.165, 1.54) is 6.07 Å². The Hall–Kier alpha value is -1.19. The molecule has 2 N–H and O–H groups in total. The zero-order valence-corrected chi connectivity index (χ0v) is 11.7. The lowest BCUT2D eigenvalue weighted by Gasteiger charge is -2.23. The van der Waals surface area contributed by atoms with Crippen LogP contribution >= 0.6 is 0 Å². The number of sulfonamides is 1. The van der Waals surface area contributed by atoms with Crippen molar-refractivity contribution in [3.63, 3.8) is 0 Å². The summed E-state index contributed by atoms with van der Waals surface area (Å²) in [5, 5.41) is 0. The molecule has 0 saturated heterocycles. The molecule has 1 aliphatic rings. The quantitative estimate of drug-likeness (QED) is 0.842. The fourth-order valence-electron chi connectivity index (χ4n) is 1.96. The molecule has 118 valence electrons. The van der Waals surface area contributed by atoms with Crippen molar-refractivity contribution in [2.75, 3.05) is 6.54 Å². The number of nitrogens with zero attached hydrogens (tertiary/aromatic N) is 1. The molecule has 0 radical (unpaired) electrons. The average molecular weight is 326 g/mol. The molecule has 0 bridgehead atoms. The Bertz CT molecular complexity index is 627. The van der Waals surface area contributed by atoms with Gasteiger partial charge in [0.05, 0.1) is 0 Å². The van der Waals surface area contributed by atoms with E-state index in [1.54, 1.807) is 0 Å². The fraction of sp³-hybridized carbons (Fsp3) is 0.500. The fourth-order valence-corrected chi connectivity index (χ4v) is 3.67. The second-order valence-electron chi connectivity index (χ2n) is 4.87. The molecule has 1 saturated carbocycles. The Labute approximate surface area is 119 Å². The molecule has 0 unspecified atom stereocenters. The van der Waals surface area contributed by atoms with Crippen molar-refractivity contribution in [3.05, 3.63) is 29.6 Å². The van der Waals surface area contributed by atoms with Crippen LogP contribution in [0.4, 0.5) is 17.6 Å². The van der Waals surface area contributed by atoms with Crippen LogP contribution in [0.15, 0.2) is 23.1 Å². The Kier molecular flexibility index (Phi) is 4.27. The molecule has 0 amide bonds. The van der Waals surface area contributed by atoms with E-state index in [-0.39, 0.29) is 6.54 Å². The molecule has 2 rings (SSSR count). The molecule has 0 aromatic heterocycles. The van der Waals surface area contributed by atoms with Gasteiger partial charge in [0.25, 0.3) is 0 Å². The molecule has 0 spiro atoms. The van der Waals surface area contributed by atoms with Gasteiger partial charge in [-0.05, 0) is 30.5 Å². The zero-order valence-electron chi connectivity index (χ0n) is 10.9. The highest BCUT2D eigenvalue weighted by atomic mass is 32.2. The topological polar surface area (TPSA) is 63.4 Å². The minimum absolute atomic E-state index is 0.00609. The number of hydrogen-bond acceptors (Lipinski definition) is 3. The number of hydrogen-bond donors (Lipinski definition) is 1. The van der Waals surface area contributed by atoms with E-state index in [4.69, 9.17) is 5.73 Å². The van der Waals surface area contributed by atoms with Crippen LogP contribution in [0.1, 0.15) is 18.4 Å². The van der Waals surface area contributed by atoms with Gasteiger partial charge in [0.2, 0.25) is 10.0 Å². The van der Waals surface area contributed by atoms with Gasteiger partial charge in [0.15, 0.2) is 0 Å². The van der Waals surface area contributed by atoms with Crippen LogP contribution in [0, 0.1) is 5.82 Å². The van der Waals surface area contributed by atoms with Gasteiger partial charge >= 0.3 is 6.18 Å². The zero-order chi connectivity index (χ0) is 15.8. The van der Waals surface area contributed by atoms with Crippen LogP contribution in [0.2, 0.25) is 0 Å². The normalized spacial score (nSPS) is 16.5. The van der Waals surface area contributed by atoms with Crippen LogP contribution in [-0.2, 0) is 16.6 Å². The van der Waals surface area contributed by atoms with Crippen LogP contribution in [-0.4, -0.2) is 31.5 Å². The summed E-state index contributed by atoms with van der Waals surface area (Å²) in [5.74, 6) is -1.09. The first-order valence-corrected chi connectivity index (χ1v) is 7.66. The van der Waals surface area contributed by atoms with Crippen LogP contribution in [0.3, 0.4) is 0 Å². The summed E-state index contributed by atoms with van der Waals surface area (Å²) in [6.45, 7) is -1.61. The maximum absolute atomic E-state index is 13.9. The molecule has 21 heavy (non-hydrogen) atoms. The second kappa shape index (κ2) is 5.54. The van der Waals surface area contributed by atoms with Crippen molar-refractivity contribution in [1.29, 1.82) is 0 Å². The summed E-state index contributed by atoms with van der Waals surface area (Å²) >= 11 is 0. The predicted molar refractivity (Wildman–Crippen MR) is 67.3 cm³/mol. The summed E-state index contributed by atoms with van der Waals surface area (Å²) in [7, 11) is -4.53. The molecule has 1 aliphatic carbocycles.